The van der Waals surface area contributed by atoms with Crippen molar-refractivity contribution < 1.29 is 14.7 Å². The first-order valence-corrected chi connectivity index (χ1v) is 7.34. The van der Waals surface area contributed by atoms with Crippen LogP contribution in [0.2, 0.25) is 0 Å². The number of Topliss-reactive ketones (excluding diaryl/α,β-unsaturated/α-hetero) is 1. The second-order valence-corrected chi connectivity index (χ2v) is 5.84. The number of aryl methyl sites for hydroxylation is 2. The average molecular weight is 272 g/mol. The molecule has 0 aliphatic carbocycles. The molecule has 0 unspecified atom stereocenters. The third kappa shape index (κ3) is 4.52. The number of rotatable bonds is 7. The van der Waals surface area contributed by atoms with Gasteiger partial charge in [-0.15, -0.1) is 23.1 Å². The number of carboxylic acid groups (broad SMARTS) is 1. The molecular formula is C12H16O3S2. The van der Waals surface area contributed by atoms with Crippen LogP contribution >= 0.6 is 23.1 Å². The highest BCUT2D eigenvalue weighted by molar-refractivity contribution is 8.00. The van der Waals surface area contributed by atoms with E-state index in [4.69, 9.17) is 5.11 Å². The molecule has 3 nitrogen and oxygen atoms in total. The summed E-state index contributed by atoms with van der Waals surface area (Å²) in [6, 6.07) is 2.11. The summed E-state index contributed by atoms with van der Waals surface area (Å²) in [5, 5.41) is 8.50. The number of carboxylic acids is 1. The number of thioether (sulfide) groups is 1. The topological polar surface area (TPSA) is 54.4 Å². The van der Waals surface area contributed by atoms with Crippen LogP contribution in [0.3, 0.4) is 0 Å². The van der Waals surface area contributed by atoms with Crippen LogP contribution in [0.25, 0.3) is 0 Å². The number of ketones is 1. The van der Waals surface area contributed by atoms with Crippen molar-refractivity contribution in [1.82, 2.24) is 0 Å². The van der Waals surface area contributed by atoms with Crippen LogP contribution in [0.5, 0.6) is 0 Å². The first kappa shape index (κ1) is 14.3. The zero-order valence-corrected chi connectivity index (χ0v) is 11.6. The molecule has 0 saturated carbocycles. The maximum atomic E-state index is 11.3. The van der Waals surface area contributed by atoms with Gasteiger partial charge in [0.2, 0.25) is 0 Å². The number of hydrogen-bond acceptors (Lipinski definition) is 4. The minimum absolute atomic E-state index is 0.228. The van der Waals surface area contributed by atoms with Crippen molar-refractivity contribution in [2.75, 3.05) is 5.75 Å². The Morgan fingerprint density at radius 2 is 2.06 bits per heavy atom. The fourth-order valence-corrected chi connectivity index (χ4v) is 3.65. The van der Waals surface area contributed by atoms with Crippen LogP contribution in [0, 0.1) is 0 Å². The van der Waals surface area contributed by atoms with Gasteiger partial charge in [0.05, 0.1) is 5.75 Å². The van der Waals surface area contributed by atoms with Gasteiger partial charge in [-0.1, -0.05) is 13.8 Å². The summed E-state index contributed by atoms with van der Waals surface area (Å²) in [5.74, 6) is -1.03. The van der Waals surface area contributed by atoms with Gasteiger partial charge in [-0.05, 0) is 18.9 Å². The van der Waals surface area contributed by atoms with Crippen molar-refractivity contribution in [3.63, 3.8) is 0 Å². The van der Waals surface area contributed by atoms with Crippen LogP contribution in [0.4, 0.5) is 0 Å². The minimum atomic E-state index is -1.05. The molecule has 5 heteroatoms. The number of thiophene rings is 1. The summed E-state index contributed by atoms with van der Waals surface area (Å²) >= 11 is 3.23. The van der Waals surface area contributed by atoms with E-state index in [1.54, 1.807) is 11.3 Å². The summed E-state index contributed by atoms with van der Waals surface area (Å²) in [4.78, 5) is 25.4. The number of carbonyl (C=O) groups is 2. The molecule has 94 valence electrons. The van der Waals surface area contributed by atoms with Gasteiger partial charge in [0, 0.05) is 14.6 Å². The van der Waals surface area contributed by atoms with E-state index < -0.39 is 5.97 Å². The van der Waals surface area contributed by atoms with Gasteiger partial charge in [0.15, 0.2) is 5.78 Å². The Bertz CT molecular complexity index is 410. The SMILES string of the molecule is CCc1cc(SCC(=O)CC(=O)O)c(CC)s1. The van der Waals surface area contributed by atoms with E-state index in [0.717, 1.165) is 17.7 Å². The highest BCUT2D eigenvalue weighted by atomic mass is 32.2. The average Bonchev–Trinajstić information content (AvgIpc) is 2.67. The Morgan fingerprint density at radius 3 is 2.59 bits per heavy atom. The van der Waals surface area contributed by atoms with Crippen molar-refractivity contribution in [1.29, 1.82) is 0 Å². The van der Waals surface area contributed by atoms with Crippen LogP contribution in [0.1, 0.15) is 30.0 Å². The fourth-order valence-electron chi connectivity index (χ4n) is 1.39. The van der Waals surface area contributed by atoms with Crippen LogP contribution in [0.15, 0.2) is 11.0 Å². The molecule has 0 amide bonds. The van der Waals surface area contributed by atoms with Gasteiger partial charge in [0.1, 0.15) is 6.42 Å². The molecule has 0 saturated heterocycles. The molecule has 1 rings (SSSR count). The number of hydrogen-bond donors (Lipinski definition) is 1. The van der Waals surface area contributed by atoms with E-state index in [1.165, 1.54) is 21.5 Å². The maximum absolute atomic E-state index is 11.3. The molecule has 0 aromatic carbocycles. The Morgan fingerprint density at radius 1 is 1.35 bits per heavy atom. The lowest BCUT2D eigenvalue weighted by molar-refractivity contribution is -0.139. The van der Waals surface area contributed by atoms with Crippen LogP contribution in [-0.2, 0) is 22.4 Å². The van der Waals surface area contributed by atoms with Gasteiger partial charge in [-0.2, -0.15) is 0 Å². The standard InChI is InChI=1S/C12H16O3S2/c1-3-9-6-11(10(4-2)17-9)16-7-8(13)5-12(14)15/h6H,3-5,7H2,1-2H3,(H,14,15). The molecule has 1 heterocycles. The van der Waals surface area contributed by atoms with Gasteiger partial charge in [-0.3, -0.25) is 9.59 Å². The molecule has 0 spiro atoms. The van der Waals surface area contributed by atoms with Crippen LogP contribution in [-0.4, -0.2) is 22.6 Å². The third-order valence-electron chi connectivity index (χ3n) is 2.23. The number of carbonyl (C=O) groups excluding carboxylic acids is 1. The summed E-state index contributed by atoms with van der Waals surface area (Å²) in [7, 11) is 0. The summed E-state index contributed by atoms with van der Waals surface area (Å²) < 4.78 is 0. The lowest BCUT2D eigenvalue weighted by Crippen LogP contribution is -2.08. The van der Waals surface area contributed by atoms with Crippen molar-refractivity contribution in [3.05, 3.63) is 15.8 Å². The fraction of sp³-hybridized carbons (Fsp3) is 0.500. The number of aliphatic carboxylic acids is 1. The summed E-state index contributed by atoms with van der Waals surface area (Å²) in [6.45, 7) is 4.20. The summed E-state index contributed by atoms with van der Waals surface area (Å²) in [5.41, 5.74) is 0. The van der Waals surface area contributed by atoms with E-state index in [9.17, 15) is 9.59 Å². The largest absolute Gasteiger partial charge is 0.481 e. The van der Waals surface area contributed by atoms with Gasteiger partial charge >= 0.3 is 5.97 Å². The van der Waals surface area contributed by atoms with Gasteiger partial charge < -0.3 is 5.11 Å². The first-order chi connectivity index (χ1) is 8.06. The quantitative estimate of drug-likeness (QED) is 0.612. The molecule has 0 bridgehead atoms. The zero-order valence-electron chi connectivity index (χ0n) is 9.99. The molecule has 0 aliphatic rings. The second-order valence-electron chi connectivity index (χ2n) is 3.61. The molecule has 0 atom stereocenters. The molecule has 0 fully saturated rings. The lowest BCUT2D eigenvalue weighted by Gasteiger charge is -1.99. The predicted molar refractivity (Wildman–Crippen MR) is 71.1 cm³/mol. The maximum Gasteiger partial charge on any atom is 0.310 e. The Hall–Kier alpha value is -0.810. The Labute approximate surface area is 109 Å². The third-order valence-corrected chi connectivity index (χ3v) is 4.92. The van der Waals surface area contributed by atoms with E-state index in [2.05, 4.69) is 19.9 Å². The van der Waals surface area contributed by atoms with E-state index in [1.807, 2.05) is 0 Å². The summed E-state index contributed by atoms with van der Waals surface area (Å²) in [6.07, 6.45) is 1.58. The van der Waals surface area contributed by atoms with Crippen LogP contribution < -0.4 is 0 Å². The highest BCUT2D eigenvalue weighted by Gasteiger charge is 2.12. The van der Waals surface area contributed by atoms with E-state index in [-0.39, 0.29) is 18.0 Å². The molecular weight excluding hydrogens is 256 g/mol. The second kappa shape index (κ2) is 6.81. The smallest absolute Gasteiger partial charge is 0.310 e. The van der Waals surface area contributed by atoms with Gasteiger partial charge in [-0.25, -0.2) is 0 Å². The van der Waals surface area contributed by atoms with Gasteiger partial charge in [0.25, 0.3) is 0 Å². The Kier molecular flexibility index (Phi) is 5.71. The minimum Gasteiger partial charge on any atom is -0.481 e. The zero-order chi connectivity index (χ0) is 12.8. The van der Waals surface area contributed by atoms with Crippen molar-refractivity contribution in [2.45, 2.75) is 38.0 Å². The van der Waals surface area contributed by atoms with Crippen molar-refractivity contribution in [3.8, 4) is 0 Å². The molecule has 17 heavy (non-hydrogen) atoms. The molecule has 1 N–H and O–H groups in total. The predicted octanol–water partition coefficient (Wildman–Crippen LogP) is 3.01. The molecule has 1 aromatic rings. The normalized spacial score (nSPS) is 10.5. The van der Waals surface area contributed by atoms with Crippen molar-refractivity contribution in [2.24, 2.45) is 0 Å². The molecule has 0 radical (unpaired) electrons. The van der Waals surface area contributed by atoms with E-state index in [0.29, 0.717) is 0 Å². The molecule has 1 aromatic heterocycles. The van der Waals surface area contributed by atoms with Crippen molar-refractivity contribution >= 4 is 34.9 Å². The monoisotopic (exact) mass is 272 g/mol. The first-order valence-electron chi connectivity index (χ1n) is 5.54. The Balaban J connectivity index is 2.59. The lowest BCUT2D eigenvalue weighted by atomic mass is 10.3. The highest BCUT2D eigenvalue weighted by Crippen LogP contribution is 2.31. The molecule has 0 aliphatic heterocycles. The van der Waals surface area contributed by atoms with E-state index >= 15 is 0 Å².